The molecule has 3 aromatic rings. The number of fused-ring (bicyclic) bond motifs is 1. The van der Waals surface area contributed by atoms with Crippen molar-refractivity contribution in [3.8, 4) is 5.75 Å². The summed E-state index contributed by atoms with van der Waals surface area (Å²) in [6.07, 6.45) is 0.433. The van der Waals surface area contributed by atoms with E-state index in [-0.39, 0.29) is 18.7 Å². The van der Waals surface area contributed by atoms with Crippen molar-refractivity contribution >= 4 is 10.9 Å². The molecule has 0 spiro atoms. The molecule has 6 heteroatoms. The standard InChI is InChI=1S/C18H17FN2O3/c1-12-2-5-15(6-3-12)24-10-14(22)9-21-11-20-17-8-13(19)4-7-16(17)18(21)23/h2-8,11,14,22H,9-10H2,1H3/t14-/m1/s1. The molecule has 0 aliphatic rings. The molecule has 2 aromatic carbocycles. The van der Waals surface area contributed by atoms with Crippen LogP contribution >= 0.6 is 0 Å². The van der Waals surface area contributed by atoms with Crippen LogP contribution in [0.3, 0.4) is 0 Å². The highest BCUT2D eigenvalue weighted by atomic mass is 19.1. The Kier molecular flexibility index (Phi) is 4.57. The molecule has 0 fully saturated rings. The molecular weight excluding hydrogens is 311 g/mol. The Morgan fingerprint density at radius 1 is 1.25 bits per heavy atom. The monoisotopic (exact) mass is 328 g/mol. The van der Waals surface area contributed by atoms with Gasteiger partial charge in [0.2, 0.25) is 0 Å². The van der Waals surface area contributed by atoms with Gasteiger partial charge in [0.25, 0.3) is 5.56 Å². The third-order valence-corrected chi connectivity index (χ3v) is 3.66. The van der Waals surface area contributed by atoms with Gasteiger partial charge in [-0.15, -0.1) is 0 Å². The van der Waals surface area contributed by atoms with Crippen molar-refractivity contribution in [1.82, 2.24) is 9.55 Å². The molecular formula is C18H17FN2O3. The Balaban J connectivity index is 1.70. The van der Waals surface area contributed by atoms with E-state index < -0.39 is 11.9 Å². The summed E-state index contributed by atoms with van der Waals surface area (Å²) in [5.41, 5.74) is 1.09. The van der Waals surface area contributed by atoms with Crippen LogP contribution in [0, 0.1) is 12.7 Å². The van der Waals surface area contributed by atoms with E-state index >= 15 is 0 Å². The molecule has 5 nitrogen and oxygen atoms in total. The zero-order valence-electron chi connectivity index (χ0n) is 13.1. The number of aliphatic hydroxyl groups is 1. The van der Waals surface area contributed by atoms with Crippen LogP contribution in [0.1, 0.15) is 5.56 Å². The Labute approximate surface area is 138 Å². The Hall–Kier alpha value is -2.73. The second-order valence-corrected chi connectivity index (χ2v) is 5.64. The topological polar surface area (TPSA) is 64.3 Å². The lowest BCUT2D eigenvalue weighted by molar-refractivity contribution is 0.0915. The van der Waals surface area contributed by atoms with Gasteiger partial charge in [-0.05, 0) is 31.2 Å². The lowest BCUT2D eigenvalue weighted by Crippen LogP contribution is -2.30. The van der Waals surface area contributed by atoms with E-state index in [1.165, 1.54) is 29.1 Å². The molecule has 0 radical (unpaired) electrons. The molecule has 0 saturated heterocycles. The van der Waals surface area contributed by atoms with Gasteiger partial charge in [0.05, 0.1) is 23.8 Å². The van der Waals surface area contributed by atoms with Gasteiger partial charge in [-0.2, -0.15) is 0 Å². The van der Waals surface area contributed by atoms with E-state index in [2.05, 4.69) is 4.98 Å². The number of halogens is 1. The summed E-state index contributed by atoms with van der Waals surface area (Å²) in [6.45, 7) is 2.08. The molecule has 0 saturated carbocycles. The fraction of sp³-hybridized carbons (Fsp3) is 0.222. The van der Waals surface area contributed by atoms with Crippen LogP contribution in [0.5, 0.6) is 5.75 Å². The molecule has 1 N–H and O–H groups in total. The van der Waals surface area contributed by atoms with Gasteiger partial charge in [0.15, 0.2) is 0 Å². The second-order valence-electron chi connectivity index (χ2n) is 5.64. The van der Waals surface area contributed by atoms with E-state index in [0.29, 0.717) is 16.7 Å². The number of aromatic nitrogens is 2. The summed E-state index contributed by atoms with van der Waals surface area (Å²) in [6, 6.07) is 11.3. The van der Waals surface area contributed by atoms with Gasteiger partial charge in [-0.1, -0.05) is 17.7 Å². The smallest absolute Gasteiger partial charge is 0.261 e. The molecule has 124 valence electrons. The lowest BCUT2D eigenvalue weighted by atomic mass is 10.2. The molecule has 24 heavy (non-hydrogen) atoms. The van der Waals surface area contributed by atoms with Crippen molar-refractivity contribution in [1.29, 1.82) is 0 Å². The Morgan fingerprint density at radius 2 is 2.00 bits per heavy atom. The first-order valence-corrected chi connectivity index (χ1v) is 7.55. The van der Waals surface area contributed by atoms with E-state index in [4.69, 9.17) is 4.74 Å². The number of ether oxygens (including phenoxy) is 1. The summed E-state index contributed by atoms with van der Waals surface area (Å²) in [4.78, 5) is 16.4. The molecule has 1 aromatic heterocycles. The van der Waals surface area contributed by atoms with Gasteiger partial charge in [0, 0.05) is 6.07 Å². The third kappa shape index (κ3) is 3.60. The number of aliphatic hydroxyl groups excluding tert-OH is 1. The highest BCUT2D eigenvalue weighted by Gasteiger charge is 2.10. The largest absolute Gasteiger partial charge is 0.491 e. The number of hydrogen-bond donors (Lipinski definition) is 1. The number of nitrogens with zero attached hydrogens (tertiary/aromatic N) is 2. The lowest BCUT2D eigenvalue weighted by Gasteiger charge is -2.14. The first-order valence-electron chi connectivity index (χ1n) is 7.55. The minimum absolute atomic E-state index is 0.0466. The molecule has 0 aliphatic carbocycles. The van der Waals surface area contributed by atoms with E-state index in [1.54, 1.807) is 0 Å². The maximum absolute atomic E-state index is 13.2. The molecule has 0 bridgehead atoms. The van der Waals surface area contributed by atoms with Crippen molar-refractivity contribution in [2.75, 3.05) is 6.61 Å². The number of aryl methyl sites for hydroxylation is 1. The van der Waals surface area contributed by atoms with Crippen molar-refractivity contribution < 1.29 is 14.2 Å². The third-order valence-electron chi connectivity index (χ3n) is 3.66. The minimum Gasteiger partial charge on any atom is -0.491 e. The Morgan fingerprint density at radius 3 is 2.75 bits per heavy atom. The van der Waals surface area contributed by atoms with Gasteiger partial charge in [0.1, 0.15) is 24.3 Å². The molecule has 0 unspecified atom stereocenters. The van der Waals surface area contributed by atoms with Crippen LogP contribution in [0.4, 0.5) is 4.39 Å². The highest BCUT2D eigenvalue weighted by molar-refractivity contribution is 5.77. The van der Waals surface area contributed by atoms with Crippen LogP contribution in [0.15, 0.2) is 53.6 Å². The average Bonchev–Trinajstić information content (AvgIpc) is 2.57. The number of hydrogen-bond acceptors (Lipinski definition) is 4. The molecule has 0 aliphatic heterocycles. The average molecular weight is 328 g/mol. The van der Waals surface area contributed by atoms with Crippen LogP contribution < -0.4 is 10.3 Å². The van der Waals surface area contributed by atoms with Gasteiger partial charge in [-0.25, -0.2) is 9.37 Å². The van der Waals surface area contributed by atoms with E-state index in [9.17, 15) is 14.3 Å². The second kappa shape index (κ2) is 6.80. The van der Waals surface area contributed by atoms with Crippen LogP contribution in [0.2, 0.25) is 0 Å². The van der Waals surface area contributed by atoms with Crippen molar-refractivity contribution in [2.24, 2.45) is 0 Å². The fourth-order valence-electron chi connectivity index (χ4n) is 2.37. The Bertz CT molecular complexity index is 906. The fourth-order valence-corrected chi connectivity index (χ4v) is 2.37. The van der Waals surface area contributed by atoms with Crippen molar-refractivity contribution in [2.45, 2.75) is 19.6 Å². The summed E-state index contributed by atoms with van der Waals surface area (Å²) in [5.74, 6) is 0.206. The normalized spacial score (nSPS) is 12.3. The first kappa shape index (κ1) is 16.1. The highest BCUT2D eigenvalue weighted by Crippen LogP contribution is 2.12. The van der Waals surface area contributed by atoms with Gasteiger partial charge < -0.3 is 9.84 Å². The van der Waals surface area contributed by atoms with Gasteiger partial charge >= 0.3 is 0 Å². The van der Waals surface area contributed by atoms with E-state index in [1.807, 2.05) is 31.2 Å². The molecule has 3 rings (SSSR count). The summed E-state index contributed by atoms with van der Waals surface area (Å²) in [5, 5.41) is 10.4. The van der Waals surface area contributed by atoms with Crippen molar-refractivity contribution in [3.63, 3.8) is 0 Å². The molecule has 1 heterocycles. The summed E-state index contributed by atoms with van der Waals surface area (Å²) < 4.78 is 20.0. The zero-order valence-corrected chi connectivity index (χ0v) is 13.1. The predicted molar refractivity (Wildman–Crippen MR) is 88.6 cm³/mol. The van der Waals surface area contributed by atoms with Crippen LogP contribution in [-0.2, 0) is 6.54 Å². The molecule has 1 atom stereocenters. The quantitative estimate of drug-likeness (QED) is 0.780. The first-order chi connectivity index (χ1) is 11.5. The minimum atomic E-state index is -0.872. The summed E-state index contributed by atoms with van der Waals surface area (Å²) >= 11 is 0. The molecule has 0 amide bonds. The van der Waals surface area contributed by atoms with Crippen LogP contribution in [-0.4, -0.2) is 27.4 Å². The maximum atomic E-state index is 13.2. The maximum Gasteiger partial charge on any atom is 0.261 e. The van der Waals surface area contributed by atoms with Gasteiger partial charge in [-0.3, -0.25) is 9.36 Å². The number of rotatable bonds is 5. The zero-order chi connectivity index (χ0) is 17.1. The van der Waals surface area contributed by atoms with Crippen molar-refractivity contribution in [3.05, 3.63) is 70.5 Å². The SMILES string of the molecule is Cc1ccc(OC[C@H](O)Cn2cnc3cc(F)ccc3c2=O)cc1. The summed E-state index contributed by atoms with van der Waals surface area (Å²) in [7, 11) is 0. The predicted octanol–water partition coefficient (Wildman–Crippen LogP) is 2.28. The van der Waals surface area contributed by atoms with E-state index in [0.717, 1.165) is 5.56 Å². The number of benzene rings is 2. The van der Waals surface area contributed by atoms with Crippen LogP contribution in [0.25, 0.3) is 10.9 Å².